The molecule has 1 aliphatic heterocycles. The van der Waals surface area contributed by atoms with Gasteiger partial charge in [0.05, 0.1) is 7.11 Å². The van der Waals surface area contributed by atoms with Crippen LogP contribution in [0.1, 0.15) is 43.6 Å². The Balaban J connectivity index is 0.00000116. The van der Waals surface area contributed by atoms with Crippen LogP contribution in [0.5, 0.6) is 5.75 Å². The molecular formula is C17H23FN2O2. The normalized spacial score (nSPS) is 15.0. The van der Waals surface area contributed by atoms with Gasteiger partial charge in [-0.1, -0.05) is 13.8 Å². The quantitative estimate of drug-likeness (QED) is 0.793. The molecule has 0 unspecified atom stereocenters. The molecule has 5 heteroatoms. The Hall–Kier alpha value is -2.17. The molecule has 0 spiro atoms. The second kappa shape index (κ2) is 8.32. The summed E-state index contributed by atoms with van der Waals surface area (Å²) in [5.41, 5.74) is 1.49. The molecule has 120 valence electrons. The van der Waals surface area contributed by atoms with Gasteiger partial charge in [0.25, 0.3) is 5.91 Å². The largest absolute Gasteiger partial charge is 0.497 e. The van der Waals surface area contributed by atoms with Gasteiger partial charge in [-0.05, 0) is 44.0 Å². The standard InChI is InChI=1S/C15H17FN2O2.C2H6/c1-4-17-14(10(2)16)18-8-7-11-9-12(20-3)5-6-13(11)15(18)19;1-2/h4-6,9H,7-8H2,1-3H3;1-2H3/b14-10-,17-4-;. The van der Waals surface area contributed by atoms with Crippen LogP contribution in [0.25, 0.3) is 0 Å². The Bertz CT molecular complexity index is 590. The van der Waals surface area contributed by atoms with Gasteiger partial charge in [0, 0.05) is 18.3 Å². The number of hydrogen-bond acceptors (Lipinski definition) is 3. The van der Waals surface area contributed by atoms with Crippen molar-refractivity contribution in [3.05, 3.63) is 41.0 Å². The molecule has 1 aromatic carbocycles. The lowest BCUT2D eigenvalue weighted by Gasteiger charge is -2.28. The predicted octanol–water partition coefficient (Wildman–Crippen LogP) is 3.97. The zero-order valence-corrected chi connectivity index (χ0v) is 13.8. The van der Waals surface area contributed by atoms with Gasteiger partial charge in [-0.3, -0.25) is 9.69 Å². The number of allylic oxidation sites excluding steroid dienone is 1. The Kier molecular flexibility index (Phi) is 6.76. The number of halogens is 1. The van der Waals surface area contributed by atoms with E-state index in [2.05, 4.69) is 4.99 Å². The number of hydrogen-bond donors (Lipinski definition) is 0. The highest BCUT2D eigenvalue weighted by Crippen LogP contribution is 2.27. The fourth-order valence-electron chi connectivity index (χ4n) is 2.26. The van der Waals surface area contributed by atoms with E-state index in [0.717, 1.165) is 5.56 Å². The summed E-state index contributed by atoms with van der Waals surface area (Å²) in [7, 11) is 1.59. The Morgan fingerprint density at radius 2 is 2.09 bits per heavy atom. The fraction of sp³-hybridized carbons (Fsp3) is 0.412. The minimum atomic E-state index is -0.464. The van der Waals surface area contributed by atoms with Gasteiger partial charge in [-0.25, -0.2) is 9.38 Å². The molecule has 1 amide bonds. The smallest absolute Gasteiger partial charge is 0.259 e. The van der Waals surface area contributed by atoms with Crippen LogP contribution >= 0.6 is 0 Å². The van der Waals surface area contributed by atoms with Crippen molar-refractivity contribution in [2.24, 2.45) is 4.99 Å². The summed E-state index contributed by atoms with van der Waals surface area (Å²) in [5, 5.41) is 0. The number of carbonyl (C=O) groups is 1. The molecule has 2 rings (SSSR count). The average Bonchev–Trinajstić information content (AvgIpc) is 2.55. The second-order valence-corrected chi connectivity index (χ2v) is 4.47. The molecule has 0 atom stereocenters. The lowest BCUT2D eigenvalue weighted by molar-refractivity contribution is 0.0785. The van der Waals surface area contributed by atoms with Crippen LogP contribution in [-0.4, -0.2) is 30.7 Å². The molecule has 0 saturated heterocycles. The van der Waals surface area contributed by atoms with Gasteiger partial charge in [-0.15, -0.1) is 0 Å². The summed E-state index contributed by atoms with van der Waals surface area (Å²) in [4.78, 5) is 17.8. The van der Waals surface area contributed by atoms with Crippen LogP contribution in [-0.2, 0) is 6.42 Å². The zero-order chi connectivity index (χ0) is 16.7. The zero-order valence-electron chi connectivity index (χ0n) is 13.8. The number of amides is 1. The minimum absolute atomic E-state index is 0.0824. The number of benzene rings is 1. The van der Waals surface area contributed by atoms with Crippen molar-refractivity contribution in [1.29, 1.82) is 0 Å². The average molecular weight is 306 g/mol. The summed E-state index contributed by atoms with van der Waals surface area (Å²) >= 11 is 0. The summed E-state index contributed by atoms with van der Waals surface area (Å²) in [5.74, 6) is 0.105. The van der Waals surface area contributed by atoms with Crippen molar-refractivity contribution in [3.8, 4) is 5.75 Å². The van der Waals surface area contributed by atoms with Crippen molar-refractivity contribution in [3.63, 3.8) is 0 Å². The van der Waals surface area contributed by atoms with Gasteiger partial charge in [0.15, 0.2) is 5.82 Å². The van der Waals surface area contributed by atoms with E-state index in [1.165, 1.54) is 18.0 Å². The Morgan fingerprint density at radius 3 is 2.64 bits per heavy atom. The first-order valence-corrected chi connectivity index (χ1v) is 7.42. The second-order valence-electron chi connectivity index (χ2n) is 4.47. The van der Waals surface area contributed by atoms with E-state index in [1.54, 1.807) is 26.2 Å². The van der Waals surface area contributed by atoms with Gasteiger partial charge in [0.1, 0.15) is 11.6 Å². The highest BCUT2D eigenvalue weighted by Gasteiger charge is 2.28. The van der Waals surface area contributed by atoms with E-state index in [-0.39, 0.29) is 11.7 Å². The molecule has 1 aliphatic rings. The number of methoxy groups -OCH3 is 1. The lowest BCUT2D eigenvalue weighted by atomic mass is 9.98. The topological polar surface area (TPSA) is 41.9 Å². The van der Waals surface area contributed by atoms with Gasteiger partial charge in [-0.2, -0.15) is 0 Å². The third-order valence-corrected chi connectivity index (χ3v) is 3.21. The molecule has 0 saturated carbocycles. The minimum Gasteiger partial charge on any atom is -0.497 e. The van der Waals surface area contributed by atoms with E-state index in [4.69, 9.17) is 4.74 Å². The summed E-state index contributed by atoms with van der Waals surface area (Å²) in [6, 6.07) is 5.29. The van der Waals surface area contributed by atoms with E-state index in [9.17, 15) is 9.18 Å². The van der Waals surface area contributed by atoms with Gasteiger partial charge in [0.2, 0.25) is 0 Å². The molecule has 0 bridgehead atoms. The van der Waals surface area contributed by atoms with Crippen LogP contribution in [0.4, 0.5) is 4.39 Å². The van der Waals surface area contributed by atoms with Crippen molar-refractivity contribution >= 4 is 12.1 Å². The van der Waals surface area contributed by atoms with Crippen molar-refractivity contribution < 1.29 is 13.9 Å². The predicted molar refractivity (Wildman–Crippen MR) is 87.1 cm³/mol. The van der Waals surface area contributed by atoms with E-state index in [1.807, 2.05) is 19.9 Å². The summed E-state index contributed by atoms with van der Waals surface area (Å²) < 4.78 is 18.7. The maximum Gasteiger partial charge on any atom is 0.259 e. The first-order chi connectivity index (χ1) is 10.6. The number of aliphatic imine (C=N–C) groups is 1. The van der Waals surface area contributed by atoms with Crippen molar-refractivity contribution in [2.75, 3.05) is 13.7 Å². The number of nitrogens with zero attached hydrogens (tertiary/aromatic N) is 2. The summed E-state index contributed by atoms with van der Waals surface area (Å²) in [6.45, 7) is 7.41. The van der Waals surface area contributed by atoms with E-state index >= 15 is 0 Å². The Labute approximate surface area is 131 Å². The summed E-state index contributed by atoms with van der Waals surface area (Å²) in [6.07, 6.45) is 2.13. The molecule has 22 heavy (non-hydrogen) atoms. The molecule has 0 fully saturated rings. The molecule has 4 nitrogen and oxygen atoms in total. The van der Waals surface area contributed by atoms with Gasteiger partial charge >= 0.3 is 0 Å². The first kappa shape index (κ1) is 17.9. The number of rotatable bonds is 3. The molecule has 1 heterocycles. The number of carbonyl (C=O) groups excluding carboxylic acids is 1. The molecule has 0 aromatic heterocycles. The molecular weight excluding hydrogens is 283 g/mol. The van der Waals surface area contributed by atoms with Crippen LogP contribution in [0.3, 0.4) is 0 Å². The molecule has 0 aliphatic carbocycles. The molecule has 1 aromatic rings. The third-order valence-electron chi connectivity index (χ3n) is 3.21. The number of fused-ring (bicyclic) bond motifs is 1. The maximum atomic E-state index is 13.6. The van der Waals surface area contributed by atoms with Gasteiger partial charge < -0.3 is 4.74 Å². The van der Waals surface area contributed by atoms with Crippen LogP contribution in [0.15, 0.2) is 34.8 Å². The van der Waals surface area contributed by atoms with Crippen LogP contribution < -0.4 is 4.74 Å². The lowest BCUT2D eigenvalue weighted by Crippen LogP contribution is -2.36. The van der Waals surface area contributed by atoms with Crippen molar-refractivity contribution in [2.45, 2.75) is 34.1 Å². The van der Waals surface area contributed by atoms with E-state index in [0.29, 0.717) is 24.3 Å². The van der Waals surface area contributed by atoms with E-state index < -0.39 is 5.83 Å². The number of ether oxygens (including phenoxy) is 1. The maximum absolute atomic E-state index is 13.6. The highest BCUT2D eigenvalue weighted by molar-refractivity contribution is 5.98. The monoisotopic (exact) mass is 306 g/mol. The molecule has 0 N–H and O–H groups in total. The first-order valence-electron chi connectivity index (χ1n) is 7.42. The molecule has 0 radical (unpaired) electrons. The van der Waals surface area contributed by atoms with Crippen LogP contribution in [0.2, 0.25) is 0 Å². The Morgan fingerprint density at radius 1 is 1.41 bits per heavy atom. The fourth-order valence-corrected chi connectivity index (χ4v) is 2.26. The van der Waals surface area contributed by atoms with Crippen molar-refractivity contribution in [1.82, 2.24) is 4.90 Å². The third kappa shape index (κ3) is 3.72. The van der Waals surface area contributed by atoms with Crippen LogP contribution in [0, 0.1) is 0 Å². The highest BCUT2D eigenvalue weighted by atomic mass is 19.1. The SMILES string of the molecule is C/C=N\C(=C(/C)F)N1CCc2cc(OC)ccc2C1=O.CC.